The first-order valence-corrected chi connectivity index (χ1v) is 7.63. The Labute approximate surface area is 120 Å². The number of hydrogen-bond donors (Lipinski definition) is 1. The Bertz CT molecular complexity index is 407. The lowest BCUT2D eigenvalue weighted by Gasteiger charge is -2.12. The summed E-state index contributed by atoms with van der Waals surface area (Å²) in [7, 11) is 5.58. The molecule has 0 bridgehead atoms. The van der Waals surface area contributed by atoms with Gasteiger partial charge in [-0.2, -0.15) is 0 Å². The van der Waals surface area contributed by atoms with Crippen molar-refractivity contribution < 1.29 is 4.79 Å². The van der Waals surface area contributed by atoms with E-state index in [1.807, 2.05) is 18.8 Å². The number of nitrogens with zero attached hydrogens (tertiary/aromatic N) is 1. The van der Waals surface area contributed by atoms with Gasteiger partial charge in [-0.3, -0.25) is 4.79 Å². The minimum Gasteiger partial charge on any atom is -0.349 e. The van der Waals surface area contributed by atoms with Crippen LogP contribution < -0.4 is 5.32 Å². The summed E-state index contributed by atoms with van der Waals surface area (Å²) in [5.41, 5.74) is 1.30. The van der Waals surface area contributed by atoms with Crippen molar-refractivity contribution in [2.75, 3.05) is 26.9 Å². The van der Waals surface area contributed by atoms with E-state index in [-0.39, 0.29) is 5.91 Å². The van der Waals surface area contributed by atoms with Crippen molar-refractivity contribution in [3.63, 3.8) is 0 Å². The summed E-state index contributed by atoms with van der Waals surface area (Å²) in [5, 5.41) is 3.24. The largest absolute Gasteiger partial charge is 0.349 e. The molecule has 3 nitrogen and oxygen atoms in total. The highest BCUT2D eigenvalue weighted by atomic mass is 32.2. The zero-order chi connectivity index (χ0) is 14.3. The van der Waals surface area contributed by atoms with Gasteiger partial charge in [-0.15, -0.1) is 11.8 Å². The molecule has 1 aromatic rings. The van der Waals surface area contributed by atoms with Gasteiger partial charge in [0.2, 0.25) is 5.91 Å². The quantitative estimate of drug-likeness (QED) is 0.615. The lowest BCUT2D eigenvalue weighted by Crippen LogP contribution is -2.21. The van der Waals surface area contributed by atoms with E-state index in [2.05, 4.69) is 36.5 Å². The number of nitrogens with one attached hydrogen (secondary N) is 1. The van der Waals surface area contributed by atoms with Crippen molar-refractivity contribution >= 4 is 17.7 Å². The second-order valence-electron chi connectivity index (χ2n) is 4.82. The van der Waals surface area contributed by atoms with Gasteiger partial charge in [0.25, 0.3) is 0 Å². The second kappa shape index (κ2) is 8.23. The van der Waals surface area contributed by atoms with Gasteiger partial charge in [-0.1, -0.05) is 12.1 Å². The Morgan fingerprint density at radius 3 is 2.79 bits per heavy atom. The lowest BCUT2D eigenvalue weighted by molar-refractivity contribution is -0.128. The number of rotatable bonds is 7. The van der Waals surface area contributed by atoms with Gasteiger partial charge in [0.15, 0.2) is 0 Å². The van der Waals surface area contributed by atoms with Crippen molar-refractivity contribution in [3.05, 3.63) is 29.8 Å². The minimum absolute atomic E-state index is 0.207. The molecule has 1 atom stereocenters. The molecule has 0 aliphatic rings. The highest BCUT2D eigenvalue weighted by Crippen LogP contribution is 2.23. The SMILES string of the molecule is CNC(C)c1cccc(SCCCC(=O)N(C)C)c1. The van der Waals surface area contributed by atoms with Crippen molar-refractivity contribution in [1.82, 2.24) is 10.2 Å². The summed E-state index contributed by atoms with van der Waals surface area (Å²) < 4.78 is 0. The molecule has 0 aliphatic carbocycles. The fourth-order valence-corrected chi connectivity index (χ4v) is 2.60. The number of hydrogen-bond acceptors (Lipinski definition) is 3. The first-order chi connectivity index (χ1) is 9.04. The standard InChI is InChI=1S/C15H24N2OS/c1-12(16-2)13-7-5-8-14(11-13)19-10-6-9-15(18)17(3)4/h5,7-8,11-12,16H,6,9-10H2,1-4H3. The summed E-state index contributed by atoms with van der Waals surface area (Å²) in [6, 6.07) is 8.96. The lowest BCUT2D eigenvalue weighted by atomic mass is 10.1. The maximum Gasteiger partial charge on any atom is 0.222 e. The molecule has 4 heteroatoms. The van der Waals surface area contributed by atoms with Crippen molar-refractivity contribution in [2.24, 2.45) is 0 Å². The van der Waals surface area contributed by atoms with E-state index in [1.165, 1.54) is 10.5 Å². The first kappa shape index (κ1) is 16.1. The molecule has 0 aromatic heterocycles. The average molecular weight is 280 g/mol. The van der Waals surface area contributed by atoms with Gasteiger partial charge >= 0.3 is 0 Å². The number of amides is 1. The third-order valence-corrected chi connectivity index (χ3v) is 4.17. The van der Waals surface area contributed by atoms with Gasteiger partial charge in [-0.25, -0.2) is 0 Å². The topological polar surface area (TPSA) is 32.3 Å². The first-order valence-electron chi connectivity index (χ1n) is 6.64. The molecule has 1 amide bonds. The second-order valence-corrected chi connectivity index (χ2v) is 5.99. The van der Waals surface area contributed by atoms with Crippen LogP contribution >= 0.6 is 11.8 Å². The Morgan fingerprint density at radius 1 is 1.42 bits per heavy atom. The molecule has 1 aromatic carbocycles. The van der Waals surface area contributed by atoms with Gasteiger partial charge in [-0.05, 0) is 43.8 Å². The molecule has 1 rings (SSSR count). The molecule has 1 unspecified atom stereocenters. The highest BCUT2D eigenvalue weighted by Gasteiger charge is 2.05. The molecular weight excluding hydrogens is 256 g/mol. The maximum atomic E-state index is 11.4. The Morgan fingerprint density at radius 2 is 2.16 bits per heavy atom. The van der Waals surface area contributed by atoms with Crippen LogP contribution in [0.3, 0.4) is 0 Å². The molecule has 106 valence electrons. The molecule has 19 heavy (non-hydrogen) atoms. The van der Waals surface area contributed by atoms with Crippen LogP contribution in [0.25, 0.3) is 0 Å². The minimum atomic E-state index is 0.207. The third-order valence-electron chi connectivity index (χ3n) is 3.09. The fourth-order valence-electron chi connectivity index (χ4n) is 1.68. The van der Waals surface area contributed by atoms with Gasteiger partial charge in [0.1, 0.15) is 0 Å². The number of benzene rings is 1. The summed E-state index contributed by atoms with van der Waals surface area (Å²) >= 11 is 1.82. The van der Waals surface area contributed by atoms with Gasteiger partial charge in [0, 0.05) is 31.5 Å². The molecule has 0 saturated carbocycles. The molecule has 0 aliphatic heterocycles. The van der Waals surface area contributed by atoms with E-state index in [0.29, 0.717) is 12.5 Å². The van der Waals surface area contributed by atoms with Crippen LogP contribution in [0, 0.1) is 0 Å². The van der Waals surface area contributed by atoms with E-state index >= 15 is 0 Å². The normalized spacial score (nSPS) is 12.2. The smallest absolute Gasteiger partial charge is 0.222 e. The molecule has 0 radical (unpaired) electrons. The van der Waals surface area contributed by atoms with E-state index in [1.54, 1.807) is 19.0 Å². The average Bonchev–Trinajstić information content (AvgIpc) is 2.42. The predicted molar refractivity (Wildman–Crippen MR) is 82.6 cm³/mol. The van der Waals surface area contributed by atoms with E-state index in [9.17, 15) is 4.79 Å². The Hall–Kier alpha value is -1.00. The van der Waals surface area contributed by atoms with E-state index < -0.39 is 0 Å². The molecular formula is C15H24N2OS. The summed E-state index contributed by atoms with van der Waals surface area (Å²) in [4.78, 5) is 14.4. The van der Waals surface area contributed by atoms with Crippen LogP contribution in [-0.4, -0.2) is 37.7 Å². The van der Waals surface area contributed by atoms with Gasteiger partial charge in [0.05, 0.1) is 0 Å². The summed E-state index contributed by atoms with van der Waals surface area (Å²) in [6.45, 7) is 2.15. The summed E-state index contributed by atoms with van der Waals surface area (Å²) in [6.07, 6.45) is 1.56. The summed E-state index contributed by atoms with van der Waals surface area (Å²) in [5.74, 6) is 1.19. The fraction of sp³-hybridized carbons (Fsp3) is 0.533. The van der Waals surface area contributed by atoms with Crippen LogP contribution in [0.4, 0.5) is 0 Å². The highest BCUT2D eigenvalue weighted by molar-refractivity contribution is 7.99. The zero-order valence-electron chi connectivity index (χ0n) is 12.3. The zero-order valence-corrected chi connectivity index (χ0v) is 13.1. The molecule has 0 saturated heterocycles. The number of carbonyl (C=O) groups is 1. The van der Waals surface area contributed by atoms with Crippen LogP contribution in [0.1, 0.15) is 31.4 Å². The maximum absolute atomic E-state index is 11.4. The van der Waals surface area contributed by atoms with Crippen LogP contribution in [0.5, 0.6) is 0 Å². The number of thioether (sulfide) groups is 1. The van der Waals surface area contributed by atoms with Crippen LogP contribution in [-0.2, 0) is 4.79 Å². The molecule has 1 N–H and O–H groups in total. The van der Waals surface area contributed by atoms with E-state index in [4.69, 9.17) is 0 Å². The van der Waals surface area contributed by atoms with Gasteiger partial charge < -0.3 is 10.2 Å². The van der Waals surface area contributed by atoms with Crippen molar-refractivity contribution in [2.45, 2.75) is 30.7 Å². The third kappa shape index (κ3) is 5.66. The molecule has 0 fully saturated rings. The van der Waals surface area contributed by atoms with Crippen molar-refractivity contribution in [3.8, 4) is 0 Å². The monoisotopic (exact) mass is 280 g/mol. The van der Waals surface area contributed by atoms with Crippen LogP contribution in [0.15, 0.2) is 29.2 Å². The predicted octanol–water partition coefficient (Wildman–Crippen LogP) is 2.93. The Balaban J connectivity index is 2.39. The molecule has 0 spiro atoms. The van der Waals surface area contributed by atoms with Crippen LogP contribution in [0.2, 0.25) is 0 Å². The van der Waals surface area contributed by atoms with Crippen molar-refractivity contribution in [1.29, 1.82) is 0 Å². The number of carbonyl (C=O) groups excluding carboxylic acids is 1. The van der Waals surface area contributed by atoms with E-state index in [0.717, 1.165) is 12.2 Å². The Kier molecular flexibility index (Phi) is 6.95. The molecule has 0 heterocycles.